The average Bonchev–Trinajstić information content (AvgIpc) is 2.93. The van der Waals surface area contributed by atoms with Crippen LogP contribution in [0.2, 0.25) is 0 Å². The lowest BCUT2D eigenvalue weighted by Gasteiger charge is -2.17. The van der Waals surface area contributed by atoms with Crippen LogP contribution in [0.4, 0.5) is 4.79 Å². The topological polar surface area (TPSA) is 58.2 Å². The Morgan fingerprint density at radius 2 is 1.95 bits per heavy atom. The summed E-state index contributed by atoms with van der Waals surface area (Å²) in [5.74, 6) is 0. The molecule has 5 heteroatoms. The number of pyridine rings is 1. The van der Waals surface area contributed by atoms with Gasteiger partial charge in [0.2, 0.25) is 0 Å². The molecular weight excluding hydrogens is 278 g/mol. The predicted molar refractivity (Wildman–Crippen MR) is 86.7 cm³/mol. The lowest BCUT2D eigenvalue weighted by molar-refractivity contribution is 0.0991. The van der Waals surface area contributed by atoms with Crippen LogP contribution >= 0.6 is 0 Å². The van der Waals surface area contributed by atoms with Crippen molar-refractivity contribution >= 4 is 27.9 Å². The summed E-state index contributed by atoms with van der Waals surface area (Å²) < 4.78 is 5.38. The summed E-state index contributed by atoms with van der Waals surface area (Å²) in [6.07, 6.45) is 1.45. The van der Waals surface area contributed by atoms with E-state index in [1.54, 1.807) is 11.1 Å². The lowest BCUT2D eigenvalue weighted by Crippen LogP contribution is -2.31. The van der Waals surface area contributed by atoms with Crippen molar-refractivity contribution in [3.05, 3.63) is 42.2 Å². The summed E-state index contributed by atoms with van der Waals surface area (Å²) in [5.41, 5.74) is 2.73. The van der Waals surface area contributed by atoms with Crippen molar-refractivity contribution in [2.45, 2.75) is 20.5 Å². The van der Waals surface area contributed by atoms with Crippen LogP contribution in [0.15, 0.2) is 36.5 Å². The van der Waals surface area contributed by atoms with Crippen molar-refractivity contribution in [1.29, 1.82) is 0 Å². The first-order valence-corrected chi connectivity index (χ1v) is 7.50. The first-order chi connectivity index (χ1) is 10.7. The number of ether oxygens (including phenoxy) is 1. The van der Waals surface area contributed by atoms with Crippen LogP contribution < -0.4 is 0 Å². The third-order valence-corrected chi connectivity index (χ3v) is 3.86. The molecule has 0 saturated heterocycles. The molecule has 1 amide bonds. The molecule has 2 heterocycles. The summed E-state index contributed by atoms with van der Waals surface area (Å²) in [5, 5.41) is 2.25. The minimum absolute atomic E-state index is 0.166. The molecule has 0 aliphatic rings. The number of para-hydroxylation sites is 1. The number of fused-ring (bicyclic) bond motifs is 3. The van der Waals surface area contributed by atoms with E-state index in [1.165, 1.54) is 0 Å². The molecule has 22 heavy (non-hydrogen) atoms. The monoisotopic (exact) mass is 297 g/mol. The van der Waals surface area contributed by atoms with Crippen LogP contribution in [0.3, 0.4) is 0 Å². The molecule has 3 aromatic rings. The summed E-state index contributed by atoms with van der Waals surface area (Å²) in [6, 6.07) is 10.1. The number of aromatic amines is 1. The molecule has 0 aliphatic heterocycles. The van der Waals surface area contributed by atoms with Crippen molar-refractivity contribution in [2.24, 2.45) is 0 Å². The zero-order chi connectivity index (χ0) is 15.5. The van der Waals surface area contributed by atoms with Gasteiger partial charge in [0.15, 0.2) is 0 Å². The van der Waals surface area contributed by atoms with Gasteiger partial charge in [0, 0.05) is 35.6 Å². The van der Waals surface area contributed by atoms with E-state index >= 15 is 0 Å². The van der Waals surface area contributed by atoms with Gasteiger partial charge in [-0.2, -0.15) is 0 Å². The molecular formula is C17H19N3O2. The Bertz CT molecular complexity index is 806. The molecule has 5 nitrogen and oxygen atoms in total. The molecule has 0 fully saturated rings. The summed E-state index contributed by atoms with van der Waals surface area (Å²) in [6.45, 7) is 5.31. The molecule has 0 atom stereocenters. The SMILES string of the molecule is CCN(CC)C(=O)OCc1nccc2c1[nH]c1ccccc12. The third-order valence-electron chi connectivity index (χ3n) is 3.86. The van der Waals surface area contributed by atoms with E-state index in [-0.39, 0.29) is 12.7 Å². The number of hydrogen-bond acceptors (Lipinski definition) is 3. The molecule has 0 saturated carbocycles. The number of carbonyl (C=O) groups is 1. The first-order valence-electron chi connectivity index (χ1n) is 7.50. The van der Waals surface area contributed by atoms with Gasteiger partial charge >= 0.3 is 6.09 Å². The average molecular weight is 297 g/mol. The van der Waals surface area contributed by atoms with E-state index in [0.717, 1.165) is 27.5 Å². The smallest absolute Gasteiger partial charge is 0.410 e. The molecule has 0 spiro atoms. The second-order valence-corrected chi connectivity index (χ2v) is 5.08. The normalized spacial score (nSPS) is 11.0. The fourth-order valence-corrected chi connectivity index (χ4v) is 2.64. The Balaban J connectivity index is 1.90. The van der Waals surface area contributed by atoms with Crippen LogP contribution in [-0.4, -0.2) is 34.1 Å². The zero-order valence-corrected chi connectivity index (χ0v) is 12.8. The third kappa shape index (κ3) is 2.50. The Morgan fingerprint density at radius 3 is 2.73 bits per heavy atom. The number of hydrogen-bond donors (Lipinski definition) is 1. The lowest BCUT2D eigenvalue weighted by atomic mass is 10.2. The zero-order valence-electron chi connectivity index (χ0n) is 12.8. The predicted octanol–water partition coefficient (Wildman–Crippen LogP) is 3.69. The molecule has 0 unspecified atom stereocenters. The Hall–Kier alpha value is -2.56. The summed E-state index contributed by atoms with van der Waals surface area (Å²) in [4.78, 5) is 21.3. The van der Waals surface area contributed by atoms with E-state index in [1.807, 2.05) is 38.1 Å². The van der Waals surface area contributed by atoms with E-state index < -0.39 is 0 Å². The first kappa shape index (κ1) is 14.4. The largest absolute Gasteiger partial charge is 0.443 e. The second kappa shape index (κ2) is 6.05. The molecule has 1 aromatic carbocycles. The highest BCUT2D eigenvalue weighted by Crippen LogP contribution is 2.26. The van der Waals surface area contributed by atoms with Gasteiger partial charge in [0.05, 0.1) is 5.52 Å². The molecule has 0 radical (unpaired) electrons. The van der Waals surface area contributed by atoms with Gasteiger partial charge in [-0.3, -0.25) is 4.98 Å². The van der Waals surface area contributed by atoms with E-state index in [2.05, 4.69) is 16.0 Å². The highest BCUT2D eigenvalue weighted by atomic mass is 16.6. The molecule has 114 valence electrons. The van der Waals surface area contributed by atoms with Gasteiger partial charge in [0.1, 0.15) is 12.3 Å². The highest BCUT2D eigenvalue weighted by Gasteiger charge is 2.14. The molecule has 1 N–H and O–H groups in total. The van der Waals surface area contributed by atoms with Crippen molar-refractivity contribution < 1.29 is 9.53 Å². The summed E-state index contributed by atoms with van der Waals surface area (Å²) >= 11 is 0. The van der Waals surface area contributed by atoms with Crippen molar-refractivity contribution in [3.8, 4) is 0 Å². The van der Waals surface area contributed by atoms with Gasteiger partial charge in [0.25, 0.3) is 0 Å². The molecule has 3 rings (SSSR count). The Morgan fingerprint density at radius 1 is 1.18 bits per heavy atom. The van der Waals surface area contributed by atoms with E-state index in [4.69, 9.17) is 4.74 Å². The maximum Gasteiger partial charge on any atom is 0.410 e. The van der Waals surface area contributed by atoms with Crippen LogP contribution in [-0.2, 0) is 11.3 Å². The maximum absolute atomic E-state index is 12.0. The van der Waals surface area contributed by atoms with Crippen LogP contribution in [0, 0.1) is 0 Å². The number of nitrogens with one attached hydrogen (secondary N) is 1. The minimum atomic E-state index is -0.306. The van der Waals surface area contributed by atoms with Crippen molar-refractivity contribution in [1.82, 2.24) is 14.9 Å². The van der Waals surface area contributed by atoms with E-state index in [9.17, 15) is 4.79 Å². The molecule has 0 bridgehead atoms. The van der Waals surface area contributed by atoms with Gasteiger partial charge < -0.3 is 14.6 Å². The fourth-order valence-electron chi connectivity index (χ4n) is 2.64. The Labute approximate surface area is 128 Å². The number of amides is 1. The highest BCUT2D eigenvalue weighted by molar-refractivity contribution is 6.07. The number of aromatic nitrogens is 2. The molecule has 2 aromatic heterocycles. The van der Waals surface area contributed by atoms with Gasteiger partial charge in [-0.05, 0) is 26.0 Å². The van der Waals surface area contributed by atoms with Gasteiger partial charge in [-0.1, -0.05) is 18.2 Å². The van der Waals surface area contributed by atoms with Crippen LogP contribution in [0.1, 0.15) is 19.5 Å². The minimum Gasteiger partial charge on any atom is -0.443 e. The quantitative estimate of drug-likeness (QED) is 0.799. The number of nitrogens with zero attached hydrogens (tertiary/aromatic N) is 2. The number of carbonyl (C=O) groups excluding carboxylic acids is 1. The second-order valence-electron chi connectivity index (χ2n) is 5.08. The summed E-state index contributed by atoms with van der Waals surface area (Å²) in [7, 11) is 0. The van der Waals surface area contributed by atoms with Gasteiger partial charge in [-0.25, -0.2) is 4.79 Å². The van der Waals surface area contributed by atoms with E-state index in [0.29, 0.717) is 13.1 Å². The van der Waals surface area contributed by atoms with Gasteiger partial charge in [-0.15, -0.1) is 0 Å². The number of H-pyrrole nitrogens is 1. The fraction of sp³-hybridized carbons (Fsp3) is 0.294. The van der Waals surface area contributed by atoms with Crippen molar-refractivity contribution in [2.75, 3.05) is 13.1 Å². The van der Waals surface area contributed by atoms with Crippen LogP contribution in [0.25, 0.3) is 21.8 Å². The standard InChI is InChI=1S/C17H19N3O2/c1-3-20(4-2)17(21)22-11-15-16-13(9-10-18-15)12-7-5-6-8-14(12)19-16/h5-10,19H,3-4,11H2,1-2H3. The van der Waals surface area contributed by atoms with Crippen molar-refractivity contribution in [3.63, 3.8) is 0 Å². The number of benzene rings is 1. The Kier molecular flexibility index (Phi) is 3.96. The number of rotatable bonds is 4. The van der Waals surface area contributed by atoms with Crippen LogP contribution in [0.5, 0.6) is 0 Å². The maximum atomic E-state index is 12.0. The molecule has 0 aliphatic carbocycles.